The fourth-order valence-electron chi connectivity index (χ4n) is 4.00. The number of carbonyl (C=O) groups excluding carboxylic acids is 2. The van der Waals surface area contributed by atoms with Gasteiger partial charge in [-0.25, -0.2) is 8.78 Å². The van der Waals surface area contributed by atoms with Gasteiger partial charge in [-0.15, -0.1) is 0 Å². The molecule has 2 aromatic carbocycles. The van der Waals surface area contributed by atoms with Gasteiger partial charge in [-0.3, -0.25) is 9.59 Å². The molecule has 0 spiro atoms. The minimum Gasteiger partial charge on any atom is -0.367 e. The summed E-state index contributed by atoms with van der Waals surface area (Å²) in [4.78, 5) is 26.1. The summed E-state index contributed by atoms with van der Waals surface area (Å²) in [6.45, 7) is 1.20. The highest BCUT2D eigenvalue weighted by Crippen LogP contribution is 2.31. The van der Waals surface area contributed by atoms with Crippen molar-refractivity contribution in [2.75, 3.05) is 23.3 Å². The van der Waals surface area contributed by atoms with Crippen molar-refractivity contribution in [2.24, 2.45) is 0 Å². The molecule has 7 heteroatoms. The van der Waals surface area contributed by atoms with Gasteiger partial charge in [-0.2, -0.15) is 0 Å². The smallest absolute Gasteiger partial charge is 0.313 e. The lowest BCUT2D eigenvalue weighted by Gasteiger charge is -2.20. The summed E-state index contributed by atoms with van der Waals surface area (Å²) in [5, 5.41) is 4.98. The van der Waals surface area contributed by atoms with E-state index in [0.717, 1.165) is 42.5 Å². The average Bonchev–Trinajstić information content (AvgIpc) is 3.32. The second kappa shape index (κ2) is 7.58. The van der Waals surface area contributed by atoms with Crippen LogP contribution in [0.4, 0.5) is 20.2 Å². The van der Waals surface area contributed by atoms with E-state index >= 15 is 0 Å². The lowest BCUT2D eigenvalue weighted by Crippen LogP contribution is -2.37. The Morgan fingerprint density at radius 1 is 1.00 bits per heavy atom. The first-order valence-electron chi connectivity index (χ1n) is 9.46. The number of nitrogens with one attached hydrogen (secondary N) is 2. The van der Waals surface area contributed by atoms with E-state index in [-0.39, 0.29) is 17.4 Å². The maximum absolute atomic E-state index is 14.4. The number of carbonyl (C=O) groups is 2. The van der Waals surface area contributed by atoms with E-state index in [9.17, 15) is 18.4 Å². The molecule has 1 fully saturated rings. The van der Waals surface area contributed by atoms with Crippen LogP contribution in [0.3, 0.4) is 0 Å². The number of nitrogens with zero attached hydrogens (tertiary/aromatic N) is 1. The van der Waals surface area contributed by atoms with Gasteiger partial charge in [0, 0.05) is 18.8 Å². The van der Waals surface area contributed by atoms with Crippen molar-refractivity contribution in [1.29, 1.82) is 0 Å². The molecule has 0 radical (unpaired) electrons. The standard InChI is InChI=1S/C21H21F2N3O2/c22-16-11-14(12-17(23)19(16)26-9-3-4-10-26)24-20(27)21(28)25-18-8-7-13-5-1-2-6-15(13)18/h1-2,5-6,11-12,18H,3-4,7-10H2,(H,24,27)(H,25,28)/t18-/m1/s1. The largest absolute Gasteiger partial charge is 0.367 e. The second-order valence-corrected chi connectivity index (χ2v) is 7.20. The van der Waals surface area contributed by atoms with Gasteiger partial charge in [0.15, 0.2) is 11.6 Å². The molecule has 0 unspecified atom stereocenters. The highest BCUT2D eigenvalue weighted by molar-refractivity contribution is 6.39. The minimum atomic E-state index is -0.947. The predicted molar refractivity (Wildman–Crippen MR) is 102 cm³/mol. The van der Waals surface area contributed by atoms with E-state index in [4.69, 9.17) is 0 Å². The highest BCUT2D eigenvalue weighted by Gasteiger charge is 2.27. The summed E-state index contributed by atoms with van der Waals surface area (Å²) in [5.74, 6) is -3.27. The summed E-state index contributed by atoms with van der Waals surface area (Å²) in [7, 11) is 0. The zero-order chi connectivity index (χ0) is 19.7. The number of fused-ring (bicyclic) bond motifs is 1. The Morgan fingerprint density at radius 2 is 1.68 bits per heavy atom. The summed E-state index contributed by atoms with van der Waals surface area (Å²) in [6, 6.07) is 9.60. The number of rotatable bonds is 3. The number of hydrogen-bond donors (Lipinski definition) is 2. The van der Waals surface area contributed by atoms with Crippen molar-refractivity contribution < 1.29 is 18.4 Å². The molecule has 1 atom stereocenters. The molecule has 0 saturated carbocycles. The lowest BCUT2D eigenvalue weighted by atomic mass is 10.1. The van der Waals surface area contributed by atoms with Crippen LogP contribution in [0.5, 0.6) is 0 Å². The summed E-state index contributed by atoms with van der Waals surface area (Å²) < 4.78 is 28.7. The van der Waals surface area contributed by atoms with Crippen LogP contribution in [0.15, 0.2) is 36.4 Å². The van der Waals surface area contributed by atoms with Crippen LogP contribution in [-0.4, -0.2) is 24.9 Å². The van der Waals surface area contributed by atoms with Crippen molar-refractivity contribution in [3.8, 4) is 0 Å². The van der Waals surface area contributed by atoms with E-state index < -0.39 is 23.4 Å². The van der Waals surface area contributed by atoms with E-state index in [1.807, 2.05) is 24.3 Å². The van der Waals surface area contributed by atoms with E-state index in [0.29, 0.717) is 19.5 Å². The number of benzene rings is 2. The number of amides is 2. The summed E-state index contributed by atoms with van der Waals surface area (Å²) in [6.07, 6.45) is 3.33. The normalized spacial score (nSPS) is 18.1. The number of hydrogen-bond acceptors (Lipinski definition) is 3. The van der Waals surface area contributed by atoms with Gasteiger partial charge < -0.3 is 15.5 Å². The number of halogens is 2. The van der Waals surface area contributed by atoms with Crippen LogP contribution in [0.25, 0.3) is 0 Å². The SMILES string of the molecule is O=C(Nc1cc(F)c(N2CCCC2)c(F)c1)C(=O)N[C@@H]1CCc2ccccc21. The monoisotopic (exact) mass is 385 g/mol. The molecule has 2 N–H and O–H groups in total. The fourth-order valence-corrected chi connectivity index (χ4v) is 4.00. The molecular formula is C21H21F2N3O2. The van der Waals surface area contributed by atoms with Crippen LogP contribution in [0.1, 0.15) is 36.4 Å². The molecule has 5 nitrogen and oxygen atoms in total. The summed E-state index contributed by atoms with van der Waals surface area (Å²) >= 11 is 0. The predicted octanol–water partition coefficient (Wildman–Crippen LogP) is 3.31. The Morgan fingerprint density at radius 3 is 2.39 bits per heavy atom. The van der Waals surface area contributed by atoms with Crippen LogP contribution >= 0.6 is 0 Å². The zero-order valence-corrected chi connectivity index (χ0v) is 15.3. The molecule has 1 heterocycles. The molecule has 28 heavy (non-hydrogen) atoms. The molecule has 0 aromatic heterocycles. The first-order valence-corrected chi connectivity index (χ1v) is 9.46. The Labute approximate surface area is 161 Å². The fraction of sp³-hybridized carbons (Fsp3) is 0.333. The molecule has 4 rings (SSSR count). The molecule has 0 bridgehead atoms. The van der Waals surface area contributed by atoms with Gasteiger partial charge in [0.25, 0.3) is 0 Å². The molecular weight excluding hydrogens is 364 g/mol. The topological polar surface area (TPSA) is 61.4 Å². The molecule has 1 saturated heterocycles. The van der Waals surface area contributed by atoms with Crippen LogP contribution in [0, 0.1) is 11.6 Å². The van der Waals surface area contributed by atoms with Crippen LogP contribution in [0.2, 0.25) is 0 Å². The number of aryl methyl sites for hydroxylation is 1. The highest BCUT2D eigenvalue weighted by atomic mass is 19.1. The third kappa shape index (κ3) is 3.56. The van der Waals surface area contributed by atoms with Gasteiger partial charge in [0.1, 0.15) is 5.69 Å². The zero-order valence-electron chi connectivity index (χ0n) is 15.3. The molecule has 146 valence electrons. The molecule has 1 aliphatic carbocycles. The van der Waals surface area contributed by atoms with Crippen molar-refractivity contribution in [3.63, 3.8) is 0 Å². The van der Waals surface area contributed by atoms with Gasteiger partial charge in [0.05, 0.1) is 6.04 Å². The van der Waals surface area contributed by atoms with E-state index in [2.05, 4.69) is 10.6 Å². The molecule has 1 aliphatic heterocycles. The third-order valence-corrected chi connectivity index (χ3v) is 5.34. The Kier molecular flexibility index (Phi) is 4.98. The molecule has 2 amide bonds. The third-order valence-electron chi connectivity index (χ3n) is 5.34. The van der Waals surface area contributed by atoms with Crippen molar-refractivity contribution in [1.82, 2.24) is 5.32 Å². The number of anilines is 2. The van der Waals surface area contributed by atoms with Gasteiger partial charge >= 0.3 is 11.8 Å². The van der Waals surface area contributed by atoms with Gasteiger partial charge in [0.2, 0.25) is 0 Å². The Bertz CT molecular complexity index is 903. The first kappa shape index (κ1) is 18.4. The first-order chi connectivity index (χ1) is 13.5. The van der Waals surface area contributed by atoms with Crippen molar-refractivity contribution in [3.05, 3.63) is 59.2 Å². The van der Waals surface area contributed by atoms with Gasteiger partial charge in [-0.1, -0.05) is 24.3 Å². The molecule has 2 aromatic rings. The second-order valence-electron chi connectivity index (χ2n) is 7.20. The van der Waals surface area contributed by atoms with Crippen molar-refractivity contribution >= 4 is 23.2 Å². The molecule has 2 aliphatic rings. The average molecular weight is 385 g/mol. The lowest BCUT2D eigenvalue weighted by molar-refractivity contribution is -0.136. The summed E-state index contributed by atoms with van der Waals surface area (Å²) in [5.41, 5.74) is 1.98. The Balaban J connectivity index is 1.43. The van der Waals surface area contributed by atoms with Gasteiger partial charge in [-0.05, 0) is 48.9 Å². The van der Waals surface area contributed by atoms with E-state index in [1.165, 1.54) is 0 Å². The quantitative estimate of drug-likeness (QED) is 0.797. The maximum atomic E-state index is 14.4. The van der Waals surface area contributed by atoms with E-state index in [1.54, 1.807) is 4.90 Å². The van der Waals surface area contributed by atoms with Crippen LogP contribution < -0.4 is 15.5 Å². The van der Waals surface area contributed by atoms with Crippen molar-refractivity contribution in [2.45, 2.75) is 31.7 Å². The minimum absolute atomic E-state index is 0.0788. The maximum Gasteiger partial charge on any atom is 0.313 e. The Hall–Kier alpha value is -2.96. The van der Waals surface area contributed by atoms with Crippen LogP contribution in [-0.2, 0) is 16.0 Å².